The summed E-state index contributed by atoms with van der Waals surface area (Å²) in [6.45, 7) is 5.52. The first-order chi connectivity index (χ1) is 12.0. The minimum Gasteiger partial charge on any atom is -0.371 e. The van der Waals surface area contributed by atoms with Crippen LogP contribution in [0.2, 0.25) is 5.02 Å². The summed E-state index contributed by atoms with van der Waals surface area (Å²) in [7, 11) is 3.69. The maximum Gasteiger partial charge on any atom is 0.246 e. The van der Waals surface area contributed by atoms with Crippen molar-refractivity contribution in [3.05, 3.63) is 46.6 Å². The predicted molar refractivity (Wildman–Crippen MR) is 97.5 cm³/mol. The van der Waals surface area contributed by atoms with Crippen LogP contribution in [-0.4, -0.2) is 41.7 Å². The number of hydrogen-bond acceptors (Lipinski definition) is 5. The zero-order chi connectivity index (χ0) is 18.2. The van der Waals surface area contributed by atoms with E-state index in [4.69, 9.17) is 20.9 Å². The van der Waals surface area contributed by atoms with Gasteiger partial charge >= 0.3 is 0 Å². The van der Waals surface area contributed by atoms with Crippen molar-refractivity contribution in [3.63, 3.8) is 0 Å². The van der Waals surface area contributed by atoms with Gasteiger partial charge in [0.05, 0.1) is 6.54 Å². The van der Waals surface area contributed by atoms with Gasteiger partial charge in [0.15, 0.2) is 11.8 Å². The molecule has 1 aromatic heterocycles. The molecule has 25 heavy (non-hydrogen) atoms. The molecule has 0 spiro atoms. The number of halogens is 1. The van der Waals surface area contributed by atoms with Gasteiger partial charge in [-0.05, 0) is 31.5 Å². The molecule has 1 N–H and O–H groups in total. The SMILES string of the molecule is CCOC(C)c1noc(CNC(=NC)N(C)Cc2ccc(Cl)cc2)n1. The maximum atomic E-state index is 5.92. The average Bonchev–Trinajstić information content (AvgIpc) is 3.07. The zero-order valence-corrected chi connectivity index (χ0v) is 15.7. The topological polar surface area (TPSA) is 75.8 Å². The third-order valence-corrected chi connectivity index (χ3v) is 3.82. The summed E-state index contributed by atoms with van der Waals surface area (Å²) in [4.78, 5) is 10.6. The Morgan fingerprint density at radius 2 is 2.12 bits per heavy atom. The largest absolute Gasteiger partial charge is 0.371 e. The van der Waals surface area contributed by atoms with Gasteiger partial charge in [-0.3, -0.25) is 4.99 Å². The van der Waals surface area contributed by atoms with Gasteiger partial charge < -0.3 is 19.5 Å². The van der Waals surface area contributed by atoms with E-state index in [2.05, 4.69) is 20.4 Å². The second-order valence-corrected chi connectivity index (χ2v) is 5.96. The van der Waals surface area contributed by atoms with Crippen molar-refractivity contribution >= 4 is 17.6 Å². The van der Waals surface area contributed by atoms with Crippen LogP contribution in [0.3, 0.4) is 0 Å². The van der Waals surface area contributed by atoms with Crippen molar-refractivity contribution in [1.29, 1.82) is 0 Å². The molecule has 136 valence electrons. The Hall–Kier alpha value is -2.12. The van der Waals surface area contributed by atoms with Crippen LogP contribution in [0, 0.1) is 0 Å². The Bertz CT molecular complexity index is 687. The van der Waals surface area contributed by atoms with Crippen molar-refractivity contribution in [1.82, 2.24) is 20.4 Å². The summed E-state index contributed by atoms with van der Waals surface area (Å²) < 4.78 is 10.7. The molecule has 0 saturated heterocycles. The number of ether oxygens (including phenoxy) is 1. The molecule has 0 saturated carbocycles. The highest BCUT2D eigenvalue weighted by Gasteiger charge is 2.14. The summed E-state index contributed by atoms with van der Waals surface area (Å²) in [5.74, 6) is 1.76. The minimum atomic E-state index is -0.186. The third kappa shape index (κ3) is 5.72. The molecule has 0 bridgehead atoms. The van der Waals surface area contributed by atoms with Crippen LogP contribution < -0.4 is 5.32 Å². The second-order valence-electron chi connectivity index (χ2n) is 5.53. The predicted octanol–water partition coefficient (Wildman–Crippen LogP) is 3.03. The van der Waals surface area contributed by atoms with Crippen molar-refractivity contribution in [3.8, 4) is 0 Å². The molecule has 1 aromatic carbocycles. The molecule has 2 aromatic rings. The van der Waals surface area contributed by atoms with Gasteiger partial charge in [0.1, 0.15) is 6.10 Å². The van der Waals surface area contributed by atoms with E-state index in [1.165, 1.54) is 0 Å². The van der Waals surface area contributed by atoms with Crippen molar-refractivity contribution in [2.24, 2.45) is 4.99 Å². The molecule has 0 amide bonds. The van der Waals surface area contributed by atoms with E-state index in [1.807, 2.05) is 50.1 Å². The van der Waals surface area contributed by atoms with Crippen LogP contribution in [0.1, 0.15) is 37.2 Å². The fourth-order valence-electron chi connectivity index (χ4n) is 2.31. The molecule has 1 atom stereocenters. The number of nitrogens with one attached hydrogen (secondary N) is 1. The van der Waals surface area contributed by atoms with Gasteiger partial charge in [-0.15, -0.1) is 0 Å². The number of rotatable bonds is 7. The van der Waals surface area contributed by atoms with E-state index in [0.717, 1.165) is 16.5 Å². The Balaban J connectivity index is 1.90. The van der Waals surface area contributed by atoms with Crippen LogP contribution in [0.25, 0.3) is 0 Å². The molecular weight excluding hydrogens is 342 g/mol. The molecule has 0 radical (unpaired) electrons. The smallest absolute Gasteiger partial charge is 0.246 e. The minimum absolute atomic E-state index is 0.186. The second kappa shape index (κ2) is 9.39. The van der Waals surface area contributed by atoms with E-state index >= 15 is 0 Å². The van der Waals surface area contributed by atoms with Crippen molar-refractivity contribution in [2.45, 2.75) is 33.0 Å². The Morgan fingerprint density at radius 1 is 1.40 bits per heavy atom. The average molecular weight is 366 g/mol. The number of guanidine groups is 1. The summed E-state index contributed by atoms with van der Waals surface area (Å²) in [5, 5.41) is 7.88. The monoisotopic (exact) mass is 365 g/mol. The van der Waals surface area contributed by atoms with Gasteiger partial charge in [0.25, 0.3) is 0 Å². The van der Waals surface area contributed by atoms with Crippen molar-refractivity contribution in [2.75, 3.05) is 20.7 Å². The molecule has 0 aliphatic heterocycles. The molecule has 0 aliphatic rings. The number of benzene rings is 1. The van der Waals surface area contributed by atoms with E-state index in [-0.39, 0.29) is 6.10 Å². The Morgan fingerprint density at radius 3 is 2.76 bits per heavy atom. The van der Waals surface area contributed by atoms with Crippen LogP contribution in [0.5, 0.6) is 0 Å². The number of nitrogens with zero attached hydrogens (tertiary/aromatic N) is 4. The molecule has 8 heteroatoms. The number of aliphatic imine (C=N–C) groups is 1. The first-order valence-corrected chi connectivity index (χ1v) is 8.51. The maximum absolute atomic E-state index is 5.92. The first-order valence-electron chi connectivity index (χ1n) is 8.13. The molecule has 7 nitrogen and oxygen atoms in total. The first kappa shape index (κ1) is 19.2. The lowest BCUT2D eigenvalue weighted by molar-refractivity contribution is 0.0683. The summed E-state index contributed by atoms with van der Waals surface area (Å²) in [5.41, 5.74) is 1.14. The fraction of sp³-hybridized carbons (Fsp3) is 0.471. The molecule has 1 unspecified atom stereocenters. The van der Waals surface area contributed by atoms with Gasteiger partial charge in [0.2, 0.25) is 5.89 Å². The van der Waals surface area contributed by atoms with Crippen molar-refractivity contribution < 1.29 is 9.26 Å². The lowest BCUT2D eigenvalue weighted by atomic mass is 10.2. The molecule has 0 fully saturated rings. The van der Waals surface area contributed by atoms with E-state index in [1.54, 1.807) is 7.05 Å². The summed E-state index contributed by atoms with van der Waals surface area (Å²) in [6.07, 6.45) is -0.186. The van der Waals surface area contributed by atoms with E-state index < -0.39 is 0 Å². The lowest BCUT2D eigenvalue weighted by Crippen LogP contribution is -2.38. The molecule has 2 rings (SSSR count). The summed E-state index contributed by atoms with van der Waals surface area (Å²) in [6, 6.07) is 7.73. The standard InChI is InChI=1S/C17H24ClN5O2/c1-5-24-12(2)16-21-15(25-22-16)10-20-17(19-3)23(4)11-13-6-8-14(18)9-7-13/h6-9,12H,5,10-11H2,1-4H3,(H,19,20). The van der Waals surface area contributed by atoms with E-state index in [0.29, 0.717) is 31.4 Å². The van der Waals surface area contributed by atoms with E-state index in [9.17, 15) is 0 Å². The zero-order valence-electron chi connectivity index (χ0n) is 15.0. The Labute approximate surface area is 153 Å². The highest BCUT2D eigenvalue weighted by Crippen LogP contribution is 2.13. The van der Waals surface area contributed by atoms with Gasteiger partial charge in [-0.2, -0.15) is 4.98 Å². The van der Waals surface area contributed by atoms with Crippen LogP contribution in [0.4, 0.5) is 0 Å². The number of aromatic nitrogens is 2. The summed E-state index contributed by atoms with van der Waals surface area (Å²) >= 11 is 5.92. The van der Waals surface area contributed by atoms with Crippen LogP contribution >= 0.6 is 11.6 Å². The van der Waals surface area contributed by atoms with Crippen LogP contribution in [0.15, 0.2) is 33.8 Å². The van der Waals surface area contributed by atoms with Crippen LogP contribution in [-0.2, 0) is 17.8 Å². The molecule has 1 heterocycles. The normalized spacial score (nSPS) is 12.9. The lowest BCUT2D eigenvalue weighted by Gasteiger charge is -2.21. The van der Waals surface area contributed by atoms with Gasteiger partial charge in [-0.1, -0.05) is 28.9 Å². The quantitative estimate of drug-likeness (QED) is 0.600. The highest BCUT2D eigenvalue weighted by molar-refractivity contribution is 6.30. The number of hydrogen-bond donors (Lipinski definition) is 1. The molecular formula is C17H24ClN5O2. The third-order valence-electron chi connectivity index (χ3n) is 3.57. The van der Waals surface area contributed by atoms with Gasteiger partial charge in [-0.25, -0.2) is 0 Å². The fourth-order valence-corrected chi connectivity index (χ4v) is 2.43. The Kier molecular flexibility index (Phi) is 7.21. The highest BCUT2D eigenvalue weighted by atomic mass is 35.5. The van der Waals surface area contributed by atoms with Gasteiger partial charge in [0, 0.05) is 32.3 Å². The molecule has 0 aliphatic carbocycles.